The number of halogens is 1. The Kier molecular flexibility index (Phi) is 7.32. The summed E-state index contributed by atoms with van der Waals surface area (Å²) >= 11 is 3.36. The number of rotatable bonds is 5. The predicted octanol–water partition coefficient (Wildman–Crippen LogP) is 5.22. The number of hydrazone groups is 1. The van der Waals surface area contributed by atoms with E-state index in [1.54, 1.807) is 48.5 Å². The van der Waals surface area contributed by atoms with Crippen molar-refractivity contribution in [1.29, 1.82) is 0 Å². The van der Waals surface area contributed by atoms with Crippen molar-refractivity contribution in [1.82, 2.24) is 5.43 Å². The molecule has 0 aliphatic carbocycles. The number of fused-ring (bicyclic) bond motifs is 1. The van der Waals surface area contributed by atoms with Crippen LogP contribution in [0.2, 0.25) is 0 Å². The summed E-state index contributed by atoms with van der Waals surface area (Å²) < 4.78 is 6.24. The molecule has 35 heavy (non-hydrogen) atoms. The van der Waals surface area contributed by atoms with Gasteiger partial charge in [0.05, 0.1) is 11.8 Å². The van der Waals surface area contributed by atoms with E-state index in [0.717, 1.165) is 16.3 Å². The van der Waals surface area contributed by atoms with Gasteiger partial charge in [-0.05, 0) is 48.7 Å². The van der Waals surface area contributed by atoms with Crippen molar-refractivity contribution in [2.75, 3.05) is 5.32 Å². The van der Waals surface area contributed by atoms with Crippen LogP contribution in [0.3, 0.4) is 0 Å². The summed E-state index contributed by atoms with van der Waals surface area (Å²) in [5.41, 5.74) is 4.49. The first kappa shape index (κ1) is 23.8. The fourth-order valence-electron chi connectivity index (χ4n) is 3.37. The molecular weight excluding hydrogens is 510 g/mol. The molecule has 4 rings (SSSR count). The first-order valence-electron chi connectivity index (χ1n) is 10.6. The number of nitrogens with zero attached hydrogens (tertiary/aromatic N) is 1. The molecule has 0 heterocycles. The summed E-state index contributed by atoms with van der Waals surface area (Å²) in [6.45, 7) is 1.88. The average molecular weight is 530 g/mol. The Morgan fingerprint density at radius 1 is 0.886 bits per heavy atom. The van der Waals surface area contributed by atoms with E-state index in [1.807, 2.05) is 43.3 Å². The fourth-order valence-corrected chi connectivity index (χ4v) is 3.75. The fraction of sp³-hybridized carbons (Fsp3) is 0.0370. The number of anilines is 1. The maximum Gasteiger partial charge on any atom is 0.343 e. The lowest BCUT2D eigenvalue weighted by Crippen LogP contribution is -2.32. The molecule has 0 radical (unpaired) electrons. The summed E-state index contributed by atoms with van der Waals surface area (Å²) in [4.78, 5) is 37.2. The largest absolute Gasteiger partial charge is 0.422 e. The third-order valence-electron chi connectivity index (χ3n) is 5.04. The minimum atomic E-state index is -0.942. The van der Waals surface area contributed by atoms with E-state index in [-0.39, 0.29) is 5.75 Å². The summed E-state index contributed by atoms with van der Waals surface area (Å²) in [7, 11) is 0. The van der Waals surface area contributed by atoms with Gasteiger partial charge in [0, 0.05) is 21.1 Å². The van der Waals surface area contributed by atoms with Crippen molar-refractivity contribution in [2.24, 2.45) is 5.10 Å². The Bertz CT molecular complexity index is 1460. The van der Waals surface area contributed by atoms with Crippen molar-refractivity contribution in [3.63, 3.8) is 0 Å². The first-order chi connectivity index (χ1) is 16.9. The molecule has 2 amide bonds. The standard InChI is InChI=1S/C27H20BrN3O4/c1-17-6-4-9-19(14-17)27(34)35-24-13-12-21(28)15-20(24)16-29-31-26(33)25(32)30-23-11-5-8-18-7-2-3-10-22(18)23/h2-16H,1H3,(H,30,32)(H,31,33)/b29-16-. The molecular formula is C27H20BrN3O4. The van der Waals surface area contributed by atoms with Crippen molar-refractivity contribution in [3.8, 4) is 5.75 Å². The second-order valence-electron chi connectivity index (χ2n) is 7.62. The highest BCUT2D eigenvalue weighted by Gasteiger charge is 2.15. The zero-order chi connectivity index (χ0) is 24.8. The highest BCUT2D eigenvalue weighted by Crippen LogP contribution is 2.24. The predicted molar refractivity (Wildman–Crippen MR) is 139 cm³/mol. The van der Waals surface area contributed by atoms with Gasteiger partial charge in [-0.3, -0.25) is 9.59 Å². The van der Waals surface area contributed by atoms with Crippen molar-refractivity contribution in [2.45, 2.75) is 6.92 Å². The second-order valence-corrected chi connectivity index (χ2v) is 8.54. The van der Waals surface area contributed by atoms with Gasteiger partial charge in [-0.25, -0.2) is 10.2 Å². The van der Waals surface area contributed by atoms with Gasteiger partial charge in [-0.15, -0.1) is 0 Å². The molecule has 0 aliphatic rings. The third-order valence-corrected chi connectivity index (χ3v) is 5.54. The first-order valence-corrected chi connectivity index (χ1v) is 11.4. The van der Waals surface area contributed by atoms with Crippen molar-refractivity contribution >= 4 is 56.4 Å². The Morgan fingerprint density at radius 3 is 2.49 bits per heavy atom. The average Bonchev–Trinajstić information content (AvgIpc) is 2.85. The molecule has 4 aromatic carbocycles. The van der Waals surface area contributed by atoms with Crippen LogP contribution in [0.15, 0.2) is 94.5 Å². The minimum Gasteiger partial charge on any atom is -0.422 e. The Morgan fingerprint density at radius 2 is 1.66 bits per heavy atom. The lowest BCUT2D eigenvalue weighted by Gasteiger charge is -2.09. The van der Waals surface area contributed by atoms with Crippen LogP contribution in [0.25, 0.3) is 10.8 Å². The minimum absolute atomic E-state index is 0.248. The van der Waals surface area contributed by atoms with Crippen LogP contribution < -0.4 is 15.5 Å². The quantitative estimate of drug-likeness (QED) is 0.122. The Labute approximate surface area is 209 Å². The SMILES string of the molecule is Cc1cccc(C(=O)Oc2ccc(Br)cc2/C=N\NC(=O)C(=O)Nc2cccc3ccccc23)c1. The molecule has 0 saturated carbocycles. The molecule has 2 N–H and O–H groups in total. The van der Waals surface area contributed by atoms with E-state index in [0.29, 0.717) is 21.3 Å². The van der Waals surface area contributed by atoms with E-state index in [4.69, 9.17) is 4.74 Å². The van der Waals surface area contributed by atoms with Gasteiger partial charge in [-0.2, -0.15) is 5.10 Å². The second kappa shape index (κ2) is 10.8. The van der Waals surface area contributed by atoms with Gasteiger partial charge in [0.1, 0.15) is 5.75 Å². The molecule has 7 nitrogen and oxygen atoms in total. The van der Waals surface area contributed by atoms with Gasteiger partial charge in [0.25, 0.3) is 0 Å². The molecule has 4 aromatic rings. The molecule has 0 bridgehead atoms. The summed E-state index contributed by atoms with van der Waals surface area (Å²) in [5.74, 6) is -2.08. The molecule has 8 heteroatoms. The maximum atomic E-state index is 12.5. The van der Waals surface area contributed by atoms with Crippen molar-refractivity contribution in [3.05, 3.63) is 106 Å². The monoisotopic (exact) mass is 529 g/mol. The van der Waals surface area contributed by atoms with E-state index < -0.39 is 17.8 Å². The van der Waals surface area contributed by atoms with Crippen LogP contribution >= 0.6 is 15.9 Å². The van der Waals surface area contributed by atoms with Crippen LogP contribution in [0.4, 0.5) is 5.69 Å². The van der Waals surface area contributed by atoms with Crippen LogP contribution in [0.5, 0.6) is 5.75 Å². The van der Waals surface area contributed by atoms with Gasteiger partial charge in [-0.1, -0.05) is 70.0 Å². The lowest BCUT2D eigenvalue weighted by atomic mass is 10.1. The highest BCUT2D eigenvalue weighted by molar-refractivity contribution is 9.10. The van der Waals surface area contributed by atoms with Crippen LogP contribution in [0.1, 0.15) is 21.5 Å². The smallest absolute Gasteiger partial charge is 0.343 e. The number of hydrogen-bond donors (Lipinski definition) is 2. The number of amides is 2. The number of carbonyl (C=O) groups is 3. The number of nitrogens with one attached hydrogen (secondary N) is 2. The molecule has 0 aliphatic heterocycles. The number of carbonyl (C=O) groups excluding carboxylic acids is 3. The summed E-state index contributed by atoms with van der Waals surface area (Å²) in [5, 5.41) is 8.22. The molecule has 0 spiro atoms. The van der Waals surface area contributed by atoms with E-state index in [9.17, 15) is 14.4 Å². The molecule has 0 saturated heterocycles. The molecule has 0 fully saturated rings. The van der Waals surface area contributed by atoms with Crippen LogP contribution in [-0.2, 0) is 9.59 Å². The van der Waals surface area contributed by atoms with Crippen LogP contribution in [0, 0.1) is 6.92 Å². The number of hydrogen-bond acceptors (Lipinski definition) is 5. The number of aryl methyl sites for hydroxylation is 1. The number of esters is 1. The summed E-state index contributed by atoms with van der Waals surface area (Å²) in [6.07, 6.45) is 1.30. The number of ether oxygens (including phenoxy) is 1. The lowest BCUT2D eigenvalue weighted by molar-refractivity contribution is -0.136. The highest BCUT2D eigenvalue weighted by atomic mass is 79.9. The van der Waals surface area contributed by atoms with Crippen molar-refractivity contribution < 1.29 is 19.1 Å². The topological polar surface area (TPSA) is 96.9 Å². The zero-order valence-electron chi connectivity index (χ0n) is 18.6. The maximum absolute atomic E-state index is 12.5. The van der Waals surface area contributed by atoms with Gasteiger partial charge in [0.15, 0.2) is 0 Å². The van der Waals surface area contributed by atoms with Gasteiger partial charge >= 0.3 is 17.8 Å². The van der Waals surface area contributed by atoms with Gasteiger partial charge in [0.2, 0.25) is 0 Å². The Hall–Kier alpha value is -4.30. The van der Waals surface area contributed by atoms with Gasteiger partial charge < -0.3 is 10.1 Å². The zero-order valence-corrected chi connectivity index (χ0v) is 20.2. The van der Waals surface area contributed by atoms with Crippen LogP contribution in [-0.4, -0.2) is 24.0 Å². The molecule has 0 atom stereocenters. The summed E-state index contributed by atoms with van der Waals surface area (Å²) in [6, 6.07) is 25.0. The normalized spacial score (nSPS) is 10.8. The number of benzene rings is 4. The molecule has 0 unspecified atom stereocenters. The van der Waals surface area contributed by atoms with E-state index in [2.05, 4.69) is 31.8 Å². The molecule has 174 valence electrons. The van der Waals surface area contributed by atoms with E-state index >= 15 is 0 Å². The van der Waals surface area contributed by atoms with E-state index in [1.165, 1.54) is 6.21 Å². The molecule has 0 aromatic heterocycles. The Balaban J connectivity index is 1.44. The third kappa shape index (κ3) is 5.99.